The Hall–Kier alpha value is -1.46. The van der Waals surface area contributed by atoms with Gasteiger partial charge in [0.05, 0.1) is 66.1 Å². The predicted octanol–water partition coefficient (Wildman–Crippen LogP) is 0.532. The summed E-state index contributed by atoms with van der Waals surface area (Å²) in [5.74, 6) is -0.143. The van der Waals surface area contributed by atoms with Crippen molar-refractivity contribution in [2.75, 3.05) is 92.4 Å². The van der Waals surface area contributed by atoms with Crippen LogP contribution in [0.25, 0.3) is 10.4 Å². The number of hydrogen-bond donors (Lipinski definition) is 1. The second-order valence-electron chi connectivity index (χ2n) is 5.00. The molecule has 0 aromatic heterocycles. The third-order valence-electron chi connectivity index (χ3n) is 2.89. The molecule has 0 saturated heterocycles. The van der Waals surface area contributed by atoms with E-state index in [-0.39, 0.29) is 12.5 Å². The lowest BCUT2D eigenvalue weighted by Crippen LogP contribution is -2.30. The number of nitrogens with zero attached hydrogens (tertiary/aromatic N) is 3. The fourth-order valence-corrected chi connectivity index (χ4v) is 1.64. The molecule has 158 valence electrons. The Morgan fingerprint density at radius 3 is 1.78 bits per heavy atom. The first-order valence-corrected chi connectivity index (χ1v) is 9.05. The second-order valence-corrected chi connectivity index (χ2v) is 5.00. The highest BCUT2D eigenvalue weighted by Crippen LogP contribution is 1.84. The largest absolute Gasteiger partial charge is 0.379 e. The van der Waals surface area contributed by atoms with E-state index in [9.17, 15) is 4.79 Å². The molecule has 0 aliphatic carbocycles. The molecule has 0 unspecified atom stereocenters. The van der Waals surface area contributed by atoms with Crippen molar-refractivity contribution in [3.63, 3.8) is 0 Å². The average molecular weight is 392 g/mol. The number of hydrogen-bond acceptors (Lipinski definition) is 8. The van der Waals surface area contributed by atoms with E-state index in [1.807, 2.05) is 6.92 Å². The Morgan fingerprint density at radius 2 is 1.30 bits per heavy atom. The first kappa shape index (κ1) is 25.5. The number of amides is 1. The maximum atomic E-state index is 11.2. The molecule has 0 aromatic carbocycles. The number of carbonyl (C=O) groups excluding carboxylic acids is 1. The van der Waals surface area contributed by atoms with E-state index in [0.717, 1.165) is 0 Å². The molecular weight excluding hydrogens is 360 g/mol. The van der Waals surface area contributed by atoms with Crippen LogP contribution in [0.3, 0.4) is 0 Å². The van der Waals surface area contributed by atoms with Crippen LogP contribution < -0.4 is 5.32 Å². The lowest BCUT2D eigenvalue weighted by atomic mass is 10.6. The maximum Gasteiger partial charge on any atom is 0.246 e. The van der Waals surface area contributed by atoms with Crippen LogP contribution in [0.1, 0.15) is 6.92 Å². The van der Waals surface area contributed by atoms with Gasteiger partial charge >= 0.3 is 0 Å². The monoisotopic (exact) mass is 392 g/mol. The second kappa shape index (κ2) is 22.6. The summed E-state index contributed by atoms with van der Waals surface area (Å²) < 4.78 is 31.5. The van der Waals surface area contributed by atoms with Gasteiger partial charge in [-0.3, -0.25) is 4.79 Å². The third kappa shape index (κ3) is 22.5. The molecule has 11 nitrogen and oxygen atoms in total. The van der Waals surface area contributed by atoms with Crippen LogP contribution in [0.4, 0.5) is 0 Å². The van der Waals surface area contributed by atoms with E-state index < -0.39 is 0 Å². The predicted molar refractivity (Wildman–Crippen MR) is 97.6 cm³/mol. The molecule has 11 heteroatoms. The van der Waals surface area contributed by atoms with E-state index in [1.165, 1.54) is 0 Å². The van der Waals surface area contributed by atoms with E-state index in [4.69, 9.17) is 34.0 Å². The third-order valence-corrected chi connectivity index (χ3v) is 2.89. The van der Waals surface area contributed by atoms with Crippen molar-refractivity contribution in [2.45, 2.75) is 6.92 Å². The molecule has 0 fully saturated rings. The Morgan fingerprint density at radius 1 is 0.815 bits per heavy atom. The highest BCUT2D eigenvalue weighted by molar-refractivity contribution is 5.77. The minimum atomic E-state index is -0.143. The normalized spacial score (nSPS) is 10.6. The smallest absolute Gasteiger partial charge is 0.246 e. The van der Waals surface area contributed by atoms with Crippen molar-refractivity contribution >= 4 is 5.91 Å². The van der Waals surface area contributed by atoms with Crippen molar-refractivity contribution in [1.29, 1.82) is 0 Å². The van der Waals surface area contributed by atoms with Crippen molar-refractivity contribution < 1.29 is 33.2 Å². The van der Waals surface area contributed by atoms with Gasteiger partial charge in [0, 0.05) is 24.6 Å². The molecule has 0 aliphatic rings. The molecule has 0 aromatic rings. The summed E-state index contributed by atoms with van der Waals surface area (Å²) in [6, 6.07) is 0. The minimum Gasteiger partial charge on any atom is -0.379 e. The summed E-state index contributed by atoms with van der Waals surface area (Å²) in [5.41, 5.74) is 8.07. The summed E-state index contributed by atoms with van der Waals surface area (Å²) in [6.07, 6.45) is 0. The zero-order valence-electron chi connectivity index (χ0n) is 16.1. The Labute approximate surface area is 160 Å². The number of azide groups is 1. The van der Waals surface area contributed by atoms with Crippen molar-refractivity contribution in [1.82, 2.24) is 5.32 Å². The summed E-state index contributed by atoms with van der Waals surface area (Å²) >= 11 is 0. The van der Waals surface area contributed by atoms with Crippen LogP contribution in [-0.2, 0) is 33.2 Å². The van der Waals surface area contributed by atoms with Crippen molar-refractivity contribution in [2.24, 2.45) is 5.11 Å². The van der Waals surface area contributed by atoms with Gasteiger partial charge in [-0.15, -0.1) is 0 Å². The van der Waals surface area contributed by atoms with Gasteiger partial charge in [-0.05, 0) is 12.5 Å². The molecule has 1 N–H and O–H groups in total. The molecule has 1 amide bonds. The van der Waals surface area contributed by atoms with Crippen molar-refractivity contribution in [3.8, 4) is 0 Å². The van der Waals surface area contributed by atoms with E-state index in [0.29, 0.717) is 85.8 Å². The van der Waals surface area contributed by atoms with Gasteiger partial charge in [0.1, 0.15) is 6.61 Å². The van der Waals surface area contributed by atoms with Gasteiger partial charge in [-0.25, -0.2) is 0 Å². The summed E-state index contributed by atoms with van der Waals surface area (Å²) in [7, 11) is 0. The lowest BCUT2D eigenvalue weighted by molar-refractivity contribution is -0.125. The van der Waals surface area contributed by atoms with E-state index >= 15 is 0 Å². The van der Waals surface area contributed by atoms with Gasteiger partial charge in [0.25, 0.3) is 0 Å². The van der Waals surface area contributed by atoms with Gasteiger partial charge in [0.2, 0.25) is 5.91 Å². The summed E-state index contributed by atoms with van der Waals surface area (Å²) in [6.45, 7) is 7.86. The van der Waals surface area contributed by atoms with Crippen LogP contribution in [0, 0.1) is 0 Å². The Kier molecular flexibility index (Phi) is 21.4. The van der Waals surface area contributed by atoms with E-state index in [2.05, 4.69) is 15.3 Å². The molecule has 0 saturated carbocycles. The highest BCUT2D eigenvalue weighted by Gasteiger charge is 1.99. The van der Waals surface area contributed by atoms with Gasteiger partial charge in [0.15, 0.2) is 0 Å². The number of nitrogens with one attached hydrogen (secondary N) is 1. The van der Waals surface area contributed by atoms with Crippen molar-refractivity contribution in [3.05, 3.63) is 10.4 Å². The van der Waals surface area contributed by atoms with Gasteiger partial charge in [-0.2, -0.15) is 0 Å². The average Bonchev–Trinajstić information content (AvgIpc) is 2.68. The summed E-state index contributed by atoms with van der Waals surface area (Å²) in [5, 5.41) is 6.04. The fourth-order valence-electron chi connectivity index (χ4n) is 1.64. The molecule has 27 heavy (non-hydrogen) atoms. The Bertz CT molecular complexity index is 382. The zero-order chi connectivity index (χ0) is 19.8. The highest BCUT2D eigenvalue weighted by atomic mass is 16.6. The summed E-state index contributed by atoms with van der Waals surface area (Å²) in [4.78, 5) is 13.8. The maximum absolute atomic E-state index is 11.2. The fraction of sp³-hybridized carbons (Fsp3) is 0.938. The van der Waals surface area contributed by atoms with Crippen LogP contribution >= 0.6 is 0 Å². The standard InChI is InChI=1S/C16H32N4O7/c1-2-22-15-16(21)18-3-5-23-7-9-25-11-13-27-14-12-26-10-8-24-6-4-19-20-17/h2-15H2,1H3,(H,18,21). The molecule has 0 rings (SSSR count). The molecule has 0 bridgehead atoms. The number of rotatable bonds is 21. The molecule has 0 radical (unpaired) electrons. The number of carbonyl (C=O) groups is 1. The van der Waals surface area contributed by atoms with Gasteiger partial charge < -0.3 is 33.7 Å². The van der Waals surface area contributed by atoms with Gasteiger partial charge in [-0.1, -0.05) is 5.11 Å². The first-order chi connectivity index (χ1) is 13.3. The SMILES string of the molecule is CCOCC(=O)NCCOCCOCCOCCOCCOCCN=[N+]=[N-]. The van der Waals surface area contributed by atoms with Crippen LogP contribution in [0.15, 0.2) is 5.11 Å². The first-order valence-electron chi connectivity index (χ1n) is 9.05. The van der Waals surface area contributed by atoms with Crippen LogP contribution in [0.5, 0.6) is 0 Å². The Balaban J connectivity index is 3.07. The number of ether oxygens (including phenoxy) is 6. The molecule has 0 atom stereocenters. The molecular formula is C16H32N4O7. The van der Waals surface area contributed by atoms with E-state index in [1.54, 1.807) is 0 Å². The van der Waals surface area contributed by atoms with Crippen LogP contribution in [-0.4, -0.2) is 98.3 Å². The lowest BCUT2D eigenvalue weighted by Gasteiger charge is -2.08. The van der Waals surface area contributed by atoms with Crippen LogP contribution in [0.2, 0.25) is 0 Å². The molecule has 0 spiro atoms. The topological polar surface area (TPSA) is 133 Å². The zero-order valence-corrected chi connectivity index (χ0v) is 16.1. The quantitative estimate of drug-likeness (QED) is 0.130. The molecule has 0 aliphatic heterocycles. The minimum absolute atomic E-state index is 0.0807. The molecule has 0 heterocycles.